The summed E-state index contributed by atoms with van der Waals surface area (Å²) in [5, 5.41) is 5.04. The molecule has 0 aliphatic rings. The van der Waals surface area contributed by atoms with Crippen LogP contribution in [0, 0.1) is 13.8 Å². The van der Waals surface area contributed by atoms with E-state index >= 15 is 0 Å². The predicted molar refractivity (Wildman–Crippen MR) is 108 cm³/mol. The molecule has 2 aromatic carbocycles. The average molecular weight is 364 g/mol. The van der Waals surface area contributed by atoms with Gasteiger partial charge in [0.2, 0.25) is 5.95 Å². The number of anilines is 1. The highest BCUT2D eigenvalue weighted by Gasteiger charge is 2.09. The van der Waals surface area contributed by atoms with Gasteiger partial charge in [-0.2, -0.15) is 5.10 Å². The van der Waals surface area contributed by atoms with Gasteiger partial charge in [-0.25, -0.2) is 10.4 Å². The van der Waals surface area contributed by atoms with Gasteiger partial charge in [-0.05, 0) is 50.2 Å². The fourth-order valence-electron chi connectivity index (χ4n) is 3.10. The fourth-order valence-corrected chi connectivity index (χ4v) is 3.28. The van der Waals surface area contributed by atoms with Crippen LogP contribution in [0.2, 0.25) is 5.02 Å². The van der Waals surface area contributed by atoms with E-state index in [0.29, 0.717) is 5.95 Å². The Kier molecular flexibility index (Phi) is 4.22. The molecule has 0 spiro atoms. The van der Waals surface area contributed by atoms with Gasteiger partial charge in [0.1, 0.15) is 0 Å². The Bertz CT molecular complexity index is 1070. The number of aryl methyl sites for hydroxylation is 1. The lowest BCUT2D eigenvalue weighted by atomic mass is 10.2. The Morgan fingerprint density at radius 3 is 2.77 bits per heavy atom. The van der Waals surface area contributed by atoms with E-state index in [4.69, 9.17) is 11.6 Å². The van der Waals surface area contributed by atoms with E-state index in [0.717, 1.165) is 38.7 Å². The molecule has 4 rings (SSSR count). The molecule has 0 amide bonds. The van der Waals surface area contributed by atoms with Crippen LogP contribution in [0.5, 0.6) is 0 Å². The Labute approximate surface area is 156 Å². The second-order valence-corrected chi connectivity index (χ2v) is 6.55. The smallest absolute Gasteiger partial charge is 0.222 e. The minimum absolute atomic E-state index is 0.617. The van der Waals surface area contributed by atoms with Gasteiger partial charge in [-0.15, -0.1) is 0 Å². The first kappa shape index (κ1) is 16.4. The lowest BCUT2D eigenvalue weighted by Crippen LogP contribution is -1.99. The molecule has 0 atom stereocenters. The van der Waals surface area contributed by atoms with E-state index in [1.54, 1.807) is 6.21 Å². The molecule has 0 aliphatic carbocycles. The minimum Gasteiger partial charge on any atom is -0.323 e. The Hall–Kier alpha value is -3.05. The molecule has 0 unspecified atom stereocenters. The van der Waals surface area contributed by atoms with Crippen molar-refractivity contribution in [2.75, 3.05) is 5.43 Å². The molecule has 2 aromatic heterocycles. The summed E-state index contributed by atoms with van der Waals surface area (Å²) in [6, 6.07) is 17.8. The third kappa shape index (κ3) is 3.09. The number of fused-ring (bicyclic) bond motifs is 1. The second kappa shape index (κ2) is 6.69. The van der Waals surface area contributed by atoms with Crippen molar-refractivity contribution in [3.05, 3.63) is 76.6 Å². The molecule has 0 fully saturated rings. The number of benzene rings is 2. The number of H-pyrrole nitrogens is 1. The quantitative estimate of drug-likeness (QED) is 0.393. The number of nitrogens with one attached hydrogen (secondary N) is 2. The molecule has 0 aliphatic heterocycles. The molecule has 2 heterocycles. The van der Waals surface area contributed by atoms with Crippen molar-refractivity contribution in [1.82, 2.24) is 14.5 Å². The minimum atomic E-state index is 0.617. The maximum absolute atomic E-state index is 6.13. The van der Waals surface area contributed by atoms with Crippen molar-refractivity contribution in [2.45, 2.75) is 13.8 Å². The van der Waals surface area contributed by atoms with Crippen molar-refractivity contribution in [1.29, 1.82) is 0 Å². The number of aromatic nitrogens is 3. The number of para-hydroxylation sites is 2. The number of rotatable bonds is 4. The van der Waals surface area contributed by atoms with Crippen LogP contribution >= 0.6 is 11.6 Å². The third-order valence-corrected chi connectivity index (χ3v) is 4.54. The number of aromatic amines is 1. The van der Waals surface area contributed by atoms with Crippen LogP contribution in [0.3, 0.4) is 0 Å². The van der Waals surface area contributed by atoms with Crippen molar-refractivity contribution < 1.29 is 0 Å². The van der Waals surface area contributed by atoms with Gasteiger partial charge in [-0.3, -0.25) is 0 Å². The van der Waals surface area contributed by atoms with Gasteiger partial charge in [0, 0.05) is 27.7 Å². The molecule has 6 heteroatoms. The van der Waals surface area contributed by atoms with Gasteiger partial charge in [0.15, 0.2) is 0 Å². The fraction of sp³-hybridized carbons (Fsp3) is 0.100. The highest BCUT2D eigenvalue weighted by Crippen LogP contribution is 2.22. The van der Waals surface area contributed by atoms with Gasteiger partial charge >= 0.3 is 0 Å². The Balaban J connectivity index is 1.58. The molecular weight excluding hydrogens is 346 g/mol. The molecular formula is C20H18ClN5. The first-order valence-electron chi connectivity index (χ1n) is 8.30. The molecule has 0 bridgehead atoms. The SMILES string of the molecule is Cc1cc(/C=N\Nc2nc3ccccc3[nH]2)c(C)n1-c1cccc(Cl)c1. The molecule has 5 nitrogen and oxygen atoms in total. The maximum Gasteiger partial charge on any atom is 0.222 e. The zero-order chi connectivity index (χ0) is 18.1. The zero-order valence-corrected chi connectivity index (χ0v) is 15.2. The van der Waals surface area contributed by atoms with Crippen LogP contribution in [0.1, 0.15) is 17.0 Å². The summed E-state index contributed by atoms with van der Waals surface area (Å²) in [5.74, 6) is 0.617. The molecule has 2 N–H and O–H groups in total. The second-order valence-electron chi connectivity index (χ2n) is 6.11. The number of nitrogens with zero attached hydrogens (tertiary/aromatic N) is 3. The van der Waals surface area contributed by atoms with E-state index in [1.807, 2.05) is 48.5 Å². The summed E-state index contributed by atoms with van der Waals surface area (Å²) in [6.07, 6.45) is 1.80. The summed E-state index contributed by atoms with van der Waals surface area (Å²) in [6.45, 7) is 4.13. The van der Waals surface area contributed by atoms with Crippen molar-refractivity contribution in [2.24, 2.45) is 5.10 Å². The molecule has 0 saturated carbocycles. The number of hydrogen-bond donors (Lipinski definition) is 2. The molecule has 4 aromatic rings. The molecule has 0 radical (unpaired) electrons. The predicted octanol–water partition coefficient (Wildman–Crippen LogP) is 5.07. The van der Waals surface area contributed by atoms with Gasteiger partial charge in [0.25, 0.3) is 0 Å². The number of halogens is 1. The summed E-state index contributed by atoms with van der Waals surface area (Å²) in [4.78, 5) is 7.64. The highest BCUT2D eigenvalue weighted by atomic mass is 35.5. The van der Waals surface area contributed by atoms with Crippen LogP contribution in [0.15, 0.2) is 59.7 Å². The van der Waals surface area contributed by atoms with Crippen LogP contribution in [-0.4, -0.2) is 20.7 Å². The molecule has 26 heavy (non-hydrogen) atoms. The Morgan fingerprint density at radius 2 is 1.96 bits per heavy atom. The van der Waals surface area contributed by atoms with Crippen molar-refractivity contribution in [3.8, 4) is 5.69 Å². The van der Waals surface area contributed by atoms with E-state index < -0.39 is 0 Å². The molecule has 0 saturated heterocycles. The van der Waals surface area contributed by atoms with Crippen LogP contribution in [0.25, 0.3) is 16.7 Å². The first-order chi connectivity index (χ1) is 12.6. The lowest BCUT2D eigenvalue weighted by molar-refractivity contribution is 0.965. The van der Waals surface area contributed by atoms with E-state index in [1.165, 1.54) is 0 Å². The van der Waals surface area contributed by atoms with Crippen molar-refractivity contribution in [3.63, 3.8) is 0 Å². The molecule has 130 valence electrons. The number of imidazole rings is 1. The van der Waals surface area contributed by atoms with Crippen LogP contribution < -0.4 is 5.43 Å². The van der Waals surface area contributed by atoms with Crippen LogP contribution in [-0.2, 0) is 0 Å². The summed E-state index contributed by atoms with van der Waals surface area (Å²) in [5.41, 5.74) is 9.13. The topological polar surface area (TPSA) is 58.0 Å². The van der Waals surface area contributed by atoms with E-state index in [2.05, 4.69) is 45.0 Å². The summed E-state index contributed by atoms with van der Waals surface area (Å²) in [7, 11) is 0. The van der Waals surface area contributed by atoms with E-state index in [-0.39, 0.29) is 0 Å². The summed E-state index contributed by atoms with van der Waals surface area (Å²) < 4.78 is 2.16. The normalized spacial score (nSPS) is 11.5. The highest BCUT2D eigenvalue weighted by molar-refractivity contribution is 6.30. The van der Waals surface area contributed by atoms with Gasteiger partial charge < -0.3 is 9.55 Å². The maximum atomic E-state index is 6.13. The average Bonchev–Trinajstić information content (AvgIpc) is 3.15. The largest absolute Gasteiger partial charge is 0.323 e. The van der Waals surface area contributed by atoms with Gasteiger partial charge in [0.05, 0.1) is 17.2 Å². The summed E-state index contributed by atoms with van der Waals surface area (Å²) >= 11 is 6.13. The zero-order valence-electron chi connectivity index (χ0n) is 14.5. The van der Waals surface area contributed by atoms with Crippen LogP contribution in [0.4, 0.5) is 5.95 Å². The third-order valence-electron chi connectivity index (χ3n) is 4.30. The first-order valence-corrected chi connectivity index (χ1v) is 8.68. The van der Waals surface area contributed by atoms with E-state index in [9.17, 15) is 0 Å². The standard InChI is InChI=1S/C20H18ClN5/c1-13-10-15(14(2)26(13)17-7-5-6-16(21)11-17)12-22-25-20-23-18-8-3-4-9-19(18)24-20/h3-12H,1-2H3,(H2,23,24,25)/b22-12-. The van der Waals surface area contributed by atoms with Gasteiger partial charge in [-0.1, -0.05) is 29.8 Å². The van der Waals surface area contributed by atoms with Crippen molar-refractivity contribution >= 4 is 34.8 Å². The lowest BCUT2D eigenvalue weighted by Gasteiger charge is -2.09. The Morgan fingerprint density at radius 1 is 1.12 bits per heavy atom. The number of hydrogen-bond acceptors (Lipinski definition) is 3. The monoisotopic (exact) mass is 363 g/mol. The number of hydrazone groups is 1.